The largest absolute Gasteiger partial charge is 0.469 e. The molecule has 0 aromatic carbocycles. The lowest BCUT2D eigenvalue weighted by Crippen LogP contribution is -2.38. The highest BCUT2D eigenvalue weighted by Crippen LogP contribution is 2.30. The molecule has 1 aliphatic rings. The molecule has 0 radical (unpaired) electrons. The zero-order chi connectivity index (χ0) is 22.9. The van der Waals surface area contributed by atoms with Gasteiger partial charge in [0.2, 0.25) is 17.6 Å². The number of halogens is 2. The molecule has 0 unspecified atom stereocenters. The van der Waals surface area contributed by atoms with E-state index in [1.54, 1.807) is 12.3 Å². The first-order valence-corrected chi connectivity index (χ1v) is 11.3. The van der Waals surface area contributed by atoms with E-state index in [0.29, 0.717) is 36.7 Å². The van der Waals surface area contributed by atoms with E-state index in [9.17, 15) is 19.2 Å². The minimum absolute atomic E-state index is 0.00204. The molecule has 1 fully saturated rings. The number of carbonyl (C=O) groups is 2. The van der Waals surface area contributed by atoms with Crippen molar-refractivity contribution in [1.29, 1.82) is 0 Å². The number of nitrogens with one attached hydrogen (secondary N) is 1. The first kappa shape index (κ1) is 24.1. The summed E-state index contributed by atoms with van der Waals surface area (Å²) >= 11 is 5.98. The molecular formula is C22H28ClFN4O4. The molecule has 3 rings (SSSR count). The van der Waals surface area contributed by atoms with E-state index < -0.39 is 11.7 Å². The number of carbonyl (C=O) groups excluding carboxylic acids is 2. The number of rotatable bonds is 12. The van der Waals surface area contributed by atoms with Gasteiger partial charge in [0.15, 0.2) is 5.82 Å². The van der Waals surface area contributed by atoms with E-state index in [4.69, 9.17) is 16.0 Å². The lowest BCUT2D eigenvalue weighted by molar-refractivity contribution is -0.155. The Kier molecular flexibility index (Phi) is 8.99. The first-order valence-electron chi connectivity index (χ1n) is 10.9. The van der Waals surface area contributed by atoms with Crippen molar-refractivity contribution in [2.75, 3.05) is 6.54 Å². The number of hydrogen-bond donors (Lipinski definition) is 2. The SMILES string of the molecule is O=CN(O)C[C@@H](CC1CCCC1)C(=O)NCc1nc(Cl)nc(CCCc2ccco2)c1F. The van der Waals surface area contributed by atoms with Crippen LogP contribution in [0, 0.1) is 17.7 Å². The van der Waals surface area contributed by atoms with Crippen LogP contribution in [0.2, 0.25) is 5.28 Å². The zero-order valence-electron chi connectivity index (χ0n) is 17.8. The number of amides is 2. The third-order valence-electron chi connectivity index (χ3n) is 5.80. The van der Waals surface area contributed by atoms with Gasteiger partial charge in [0.1, 0.15) is 11.5 Å². The Morgan fingerprint density at radius 2 is 2.09 bits per heavy atom. The molecule has 0 aliphatic heterocycles. The summed E-state index contributed by atoms with van der Waals surface area (Å²) in [6.45, 7) is -0.275. The molecule has 0 bridgehead atoms. The van der Waals surface area contributed by atoms with Crippen molar-refractivity contribution < 1.29 is 23.6 Å². The van der Waals surface area contributed by atoms with Crippen molar-refractivity contribution in [2.45, 2.75) is 57.9 Å². The van der Waals surface area contributed by atoms with Crippen molar-refractivity contribution >= 4 is 23.9 Å². The molecule has 0 spiro atoms. The normalized spacial score (nSPS) is 15.0. The summed E-state index contributed by atoms with van der Waals surface area (Å²) < 4.78 is 20.2. The van der Waals surface area contributed by atoms with Crippen molar-refractivity contribution in [3.05, 3.63) is 46.6 Å². The molecule has 2 N–H and O–H groups in total. The Balaban J connectivity index is 1.60. The van der Waals surface area contributed by atoms with E-state index in [1.807, 2.05) is 6.07 Å². The average molecular weight is 467 g/mol. The number of furan rings is 1. The zero-order valence-corrected chi connectivity index (χ0v) is 18.6. The quantitative estimate of drug-likeness (QED) is 0.214. The fourth-order valence-electron chi connectivity index (χ4n) is 4.18. The van der Waals surface area contributed by atoms with Crippen LogP contribution in [0.5, 0.6) is 0 Å². The Morgan fingerprint density at radius 3 is 2.78 bits per heavy atom. The second-order valence-electron chi connectivity index (χ2n) is 8.16. The highest BCUT2D eigenvalue weighted by molar-refractivity contribution is 6.28. The van der Waals surface area contributed by atoms with Crippen LogP contribution in [-0.4, -0.2) is 39.1 Å². The monoisotopic (exact) mass is 466 g/mol. The van der Waals surface area contributed by atoms with Gasteiger partial charge in [0, 0.05) is 6.42 Å². The number of hydrogen-bond acceptors (Lipinski definition) is 6. The van der Waals surface area contributed by atoms with E-state index in [1.165, 1.54) is 0 Å². The lowest BCUT2D eigenvalue weighted by atomic mass is 9.92. The van der Waals surface area contributed by atoms with Gasteiger partial charge in [-0.25, -0.2) is 19.4 Å². The van der Waals surface area contributed by atoms with Crippen LogP contribution in [0.15, 0.2) is 22.8 Å². The first-order chi connectivity index (χ1) is 15.5. The predicted molar refractivity (Wildman–Crippen MR) is 114 cm³/mol. The average Bonchev–Trinajstić information content (AvgIpc) is 3.48. The van der Waals surface area contributed by atoms with Crippen LogP contribution >= 0.6 is 11.6 Å². The summed E-state index contributed by atoms with van der Waals surface area (Å²) in [5.41, 5.74) is 0.188. The summed E-state index contributed by atoms with van der Waals surface area (Å²) in [6, 6.07) is 3.65. The van der Waals surface area contributed by atoms with Crippen LogP contribution < -0.4 is 5.32 Å². The van der Waals surface area contributed by atoms with Gasteiger partial charge < -0.3 is 9.73 Å². The van der Waals surface area contributed by atoms with Gasteiger partial charge in [-0.1, -0.05) is 25.7 Å². The molecule has 1 aliphatic carbocycles. The Hall–Kier alpha value is -2.52. The Labute approximate surface area is 191 Å². The van der Waals surface area contributed by atoms with Crippen molar-refractivity contribution in [1.82, 2.24) is 20.3 Å². The van der Waals surface area contributed by atoms with Gasteiger partial charge in [-0.05, 0) is 48.9 Å². The maximum Gasteiger partial charge on any atom is 0.233 e. The third-order valence-corrected chi connectivity index (χ3v) is 5.97. The molecule has 2 heterocycles. The van der Waals surface area contributed by atoms with Crippen molar-refractivity contribution in [3.8, 4) is 0 Å². The molecule has 174 valence electrons. The topological polar surface area (TPSA) is 109 Å². The summed E-state index contributed by atoms with van der Waals surface area (Å²) in [7, 11) is 0. The van der Waals surface area contributed by atoms with Gasteiger partial charge in [-0.2, -0.15) is 0 Å². The van der Waals surface area contributed by atoms with Gasteiger partial charge in [-0.15, -0.1) is 0 Å². The molecule has 10 heteroatoms. The molecule has 32 heavy (non-hydrogen) atoms. The summed E-state index contributed by atoms with van der Waals surface area (Å²) in [5, 5.41) is 12.6. The standard InChI is InChI=1S/C22H28ClFN4O4/c23-22-26-18(9-3-7-17-8-4-10-32-17)20(24)19(27-22)12-25-21(30)16(13-28(31)14-29)11-15-5-1-2-6-15/h4,8,10,14-16,31H,1-3,5-7,9,11-13H2,(H,25,30)/t16-/m1/s1. The maximum absolute atomic E-state index is 14.9. The van der Waals surface area contributed by atoms with Crippen LogP contribution in [0.25, 0.3) is 0 Å². The van der Waals surface area contributed by atoms with E-state index in [2.05, 4.69) is 15.3 Å². The highest BCUT2D eigenvalue weighted by Gasteiger charge is 2.27. The molecule has 1 saturated carbocycles. The predicted octanol–water partition coefficient (Wildman–Crippen LogP) is 3.70. The van der Waals surface area contributed by atoms with E-state index in [-0.39, 0.29) is 42.1 Å². The van der Waals surface area contributed by atoms with Crippen molar-refractivity contribution in [2.24, 2.45) is 11.8 Å². The Bertz CT molecular complexity index is 890. The fourth-order valence-corrected chi connectivity index (χ4v) is 4.38. The molecule has 1 atom stereocenters. The Morgan fingerprint density at radius 1 is 1.34 bits per heavy atom. The minimum atomic E-state index is -0.599. The molecule has 8 nitrogen and oxygen atoms in total. The smallest absolute Gasteiger partial charge is 0.233 e. The highest BCUT2D eigenvalue weighted by atomic mass is 35.5. The second kappa shape index (κ2) is 11.9. The number of aryl methyl sites for hydroxylation is 2. The van der Waals surface area contributed by atoms with Crippen LogP contribution in [-0.2, 0) is 29.0 Å². The number of nitrogens with zero attached hydrogens (tertiary/aromatic N) is 3. The molecule has 2 aromatic rings. The van der Waals surface area contributed by atoms with Crippen LogP contribution in [0.4, 0.5) is 4.39 Å². The number of hydroxylamine groups is 2. The third kappa shape index (κ3) is 7.00. The van der Waals surface area contributed by atoms with Crippen LogP contribution in [0.1, 0.15) is 55.7 Å². The minimum Gasteiger partial charge on any atom is -0.469 e. The molecule has 2 amide bonds. The van der Waals surface area contributed by atoms with Gasteiger partial charge in [0.25, 0.3) is 0 Å². The van der Waals surface area contributed by atoms with Crippen molar-refractivity contribution in [3.63, 3.8) is 0 Å². The van der Waals surface area contributed by atoms with Gasteiger partial charge in [-0.3, -0.25) is 14.8 Å². The molecular weight excluding hydrogens is 439 g/mol. The van der Waals surface area contributed by atoms with Gasteiger partial charge in [0.05, 0.1) is 31.0 Å². The number of aromatic nitrogens is 2. The van der Waals surface area contributed by atoms with Gasteiger partial charge >= 0.3 is 0 Å². The fraction of sp³-hybridized carbons (Fsp3) is 0.545. The second-order valence-corrected chi connectivity index (χ2v) is 8.50. The molecule has 0 saturated heterocycles. The molecule has 2 aromatic heterocycles. The summed E-state index contributed by atoms with van der Waals surface area (Å²) in [6.07, 6.45) is 8.29. The van der Waals surface area contributed by atoms with Crippen LogP contribution in [0.3, 0.4) is 0 Å². The lowest BCUT2D eigenvalue weighted by Gasteiger charge is -2.22. The van der Waals surface area contributed by atoms with E-state index in [0.717, 1.165) is 31.4 Å². The summed E-state index contributed by atoms with van der Waals surface area (Å²) in [4.78, 5) is 31.5. The van der Waals surface area contributed by atoms with E-state index >= 15 is 0 Å². The summed E-state index contributed by atoms with van der Waals surface area (Å²) in [5.74, 6) is -0.387. The maximum atomic E-state index is 14.9.